The van der Waals surface area contributed by atoms with Crippen molar-refractivity contribution in [1.82, 2.24) is 0 Å². The summed E-state index contributed by atoms with van der Waals surface area (Å²) in [5.41, 5.74) is -0.710. The van der Waals surface area contributed by atoms with E-state index in [9.17, 15) is 14.9 Å². The summed E-state index contributed by atoms with van der Waals surface area (Å²) in [6, 6.07) is 4.47. The minimum atomic E-state index is -0.736. The number of benzene rings is 1. The van der Waals surface area contributed by atoms with E-state index in [1.165, 1.54) is 12.1 Å². The number of nitrogens with zero attached hydrogens (tertiary/aromatic N) is 2. The third-order valence-electron chi connectivity index (χ3n) is 1.83. The molecule has 0 amide bonds. The number of alkyl halides is 1. The number of nitro groups is 1. The molecular weight excluding hydrogens is 346 g/mol. The molecule has 0 atom stereocenters. The predicted octanol–water partition coefficient (Wildman–Crippen LogP) is 2.49. The summed E-state index contributed by atoms with van der Waals surface area (Å²) >= 11 is 7.17. The van der Waals surface area contributed by atoms with Crippen LogP contribution in [0.3, 0.4) is 0 Å². The first-order valence-electron chi connectivity index (χ1n) is 3.99. The fourth-order valence-electron chi connectivity index (χ4n) is 1.18. The lowest BCUT2D eigenvalue weighted by molar-refractivity contribution is -0.385. The average Bonchev–Trinajstić information content (AvgIpc) is 2.27. The molecule has 1 aromatic carbocycles. The van der Waals surface area contributed by atoms with Crippen LogP contribution in [0.5, 0.6) is 0 Å². The molecule has 0 aliphatic carbocycles. The first-order chi connectivity index (χ1) is 7.52. The largest absolute Gasteiger partial charge is 0.298 e. The van der Waals surface area contributed by atoms with Crippen LogP contribution in [0.4, 0.5) is 5.69 Å². The van der Waals surface area contributed by atoms with E-state index in [0.717, 1.165) is 0 Å². The predicted molar refractivity (Wildman–Crippen MR) is 65.6 cm³/mol. The van der Waals surface area contributed by atoms with Crippen molar-refractivity contribution in [1.29, 1.82) is 5.26 Å². The molecule has 0 bridgehead atoms. The highest BCUT2D eigenvalue weighted by atomic mass is 127. The Labute approximate surface area is 109 Å². The van der Waals surface area contributed by atoms with Gasteiger partial charge in [0.2, 0.25) is 0 Å². The summed E-state index contributed by atoms with van der Waals surface area (Å²) in [6.45, 7) is 0. The quantitative estimate of drug-likeness (QED) is 0.276. The number of nitriles is 1. The molecule has 0 spiro atoms. The Morgan fingerprint density at radius 3 is 2.69 bits per heavy atom. The third kappa shape index (κ3) is 2.31. The van der Waals surface area contributed by atoms with Crippen LogP contribution in [0.2, 0.25) is 0 Å². The van der Waals surface area contributed by atoms with Crippen molar-refractivity contribution >= 4 is 45.7 Å². The van der Waals surface area contributed by atoms with Gasteiger partial charge in [-0.2, -0.15) is 5.26 Å². The first kappa shape index (κ1) is 12.9. The Morgan fingerprint density at radius 2 is 2.25 bits per heavy atom. The van der Waals surface area contributed by atoms with Crippen LogP contribution in [0, 0.1) is 25.0 Å². The lowest BCUT2D eigenvalue weighted by Crippen LogP contribution is -2.09. The van der Waals surface area contributed by atoms with Gasteiger partial charge in [-0.05, 0) is 34.7 Å². The smallest absolute Gasteiger partial charge is 0.293 e. The third-order valence-corrected chi connectivity index (χ3v) is 2.97. The maximum atomic E-state index is 11.5. The minimum Gasteiger partial charge on any atom is -0.293 e. The summed E-state index contributed by atoms with van der Waals surface area (Å²) in [5, 5.41) is 19.6. The Hall–Kier alpha value is -1.20. The summed E-state index contributed by atoms with van der Waals surface area (Å²) in [5.74, 6) is -0.916. The van der Waals surface area contributed by atoms with Crippen LogP contribution in [0.15, 0.2) is 12.1 Å². The molecule has 5 nitrogen and oxygen atoms in total. The molecule has 0 heterocycles. The average molecular weight is 350 g/mol. The zero-order valence-corrected chi connectivity index (χ0v) is 10.7. The van der Waals surface area contributed by atoms with Gasteiger partial charge in [0.25, 0.3) is 5.69 Å². The van der Waals surface area contributed by atoms with E-state index in [1.807, 2.05) is 0 Å². The maximum absolute atomic E-state index is 11.5. The summed E-state index contributed by atoms with van der Waals surface area (Å²) in [7, 11) is 0. The second kappa shape index (κ2) is 5.23. The van der Waals surface area contributed by atoms with Crippen molar-refractivity contribution in [3.8, 4) is 6.07 Å². The number of nitro benzene ring substituents is 1. The van der Waals surface area contributed by atoms with Gasteiger partial charge in [-0.15, -0.1) is 11.6 Å². The number of hydrogen-bond donors (Lipinski definition) is 0. The molecule has 0 aromatic heterocycles. The number of carbonyl (C=O) groups excluding carboxylic acids is 1. The first-order valence-corrected chi connectivity index (χ1v) is 5.60. The van der Waals surface area contributed by atoms with Crippen molar-refractivity contribution in [2.45, 2.75) is 0 Å². The summed E-state index contributed by atoms with van der Waals surface area (Å²) in [4.78, 5) is 21.6. The Morgan fingerprint density at radius 1 is 1.62 bits per heavy atom. The number of halogens is 2. The van der Waals surface area contributed by atoms with Gasteiger partial charge in [0.1, 0.15) is 17.2 Å². The Kier molecular flexibility index (Phi) is 4.20. The zero-order chi connectivity index (χ0) is 12.3. The molecule has 0 radical (unpaired) electrons. The van der Waals surface area contributed by atoms with Crippen LogP contribution in [-0.4, -0.2) is 16.6 Å². The molecular formula is C9H4ClIN2O3. The van der Waals surface area contributed by atoms with Crippen molar-refractivity contribution in [2.24, 2.45) is 0 Å². The molecule has 82 valence electrons. The van der Waals surface area contributed by atoms with Gasteiger partial charge in [0.05, 0.1) is 10.8 Å². The molecule has 1 aromatic rings. The lowest BCUT2D eigenvalue weighted by atomic mass is 10.1. The molecule has 0 fully saturated rings. The lowest BCUT2D eigenvalue weighted by Gasteiger charge is -2.03. The van der Waals surface area contributed by atoms with Crippen molar-refractivity contribution in [2.75, 3.05) is 5.88 Å². The summed E-state index contributed by atoms with van der Waals surface area (Å²) < 4.78 is 0.411. The molecule has 0 unspecified atom stereocenters. The number of hydrogen-bond acceptors (Lipinski definition) is 4. The SMILES string of the molecule is N#Cc1ccc(I)c(C(=O)CCl)c1[N+](=O)[O-]. The number of Topliss-reactive ketones (excluding diaryl/α,β-unsaturated/α-hetero) is 1. The van der Waals surface area contributed by atoms with Gasteiger partial charge in [-0.1, -0.05) is 0 Å². The standard InChI is InChI=1S/C9H4ClIN2O3/c10-3-7(14)8-6(11)2-1-5(4-12)9(8)13(15)16/h1-2H,3H2. The normalized spacial score (nSPS) is 9.56. The highest BCUT2D eigenvalue weighted by Gasteiger charge is 2.26. The highest BCUT2D eigenvalue weighted by Crippen LogP contribution is 2.28. The maximum Gasteiger partial charge on any atom is 0.298 e. The second-order valence-electron chi connectivity index (χ2n) is 2.74. The molecule has 0 saturated heterocycles. The van der Waals surface area contributed by atoms with Gasteiger partial charge in [0, 0.05) is 3.57 Å². The minimum absolute atomic E-state index is 0.0975. The van der Waals surface area contributed by atoms with Crippen LogP contribution in [-0.2, 0) is 0 Å². The molecule has 0 saturated carbocycles. The zero-order valence-electron chi connectivity index (χ0n) is 7.74. The summed E-state index contributed by atoms with van der Waals surface area (Å²) in [6.07, 6.45) is 0. The molecule has 0 N–H and O–H groups in total. The van der Waals surface area contributed by atoms with Gasteiger partial charge < -0.3 is 0 Å². The molecule has 1 rings (SSSR count). The van der Waals surface area contributed by atoms with Gasteiger partial charge in [0.15, 0.2) is 5.78 Å². The van der Waals surface area contributed by atoms with Gasteiger partial charge >= 0.3 is 0 Å². The fourth-order valence-corrected chi connectivity index (χ4v) is 2.05. The van der Waals surface area contributed by atoms with Gasteiger partial charge in [-0.25, -0.2) is 0 Å². The highest BCUT2D eigenvalue weighted by molar-refractivity contribution is 14.1. The van der Waals surface area contributed by atoms with Crippen LogP contribution in [0.1, 0.15) is 15.9 Å². The van der Waals surface area contributed by atoms with E-state index < -0.39 is 16.4 Å². The second-order valence-corrected chi connectivity index (χ2v) is 4.17. The van der Waals surface area contributed by atoms with E-state index in [1.54, 1.807) is 28.7 Å². The van der Waals surface area contributed by atoms with Crippen LogP contribution in [0.25, 0.3) is 0 Å². The fraction of sp³-hybridized carbons (Fsp3) is 0.111. The van der Waals surface area contributed by atoms with Crippen LogP contribution < -0.4 is 0 Å². The van der Waals surface area contributed by atoms with E-state index in [-0.39, 0.29) is 17.0 Å². The topological polar surface area (TPSA) is 84.0 Å². The Bertz CT molecular complexity index is 510. The Balaban J connectivity index is 3.62. The number of rotatable bonds is 3. The van der Waals surface area contributed by atoms with E-state index >= 15 is 0 Å². The monoisotopic (exact) mass is 350 g/mol. The van der Waals surface area contributed by atoms with Crippen LogP contribution >= 0.6 is 34.2 Å². The van der Waals surface area contributed by atoms with E-state index in [4.69, 9.17) is 16.9 Å². The molecule has 0 aliphatic heterocycles. The number of ketones is 1. The molecule has 7 heteroatoms. The molecule has 0 aliphatic rings. The van der Waals surface area contributed by atoms with E-state index in [2.05, 4.69) is 0 Å². The van der Waals surface area contributed by atoms with Gasteiger partial charge in [-0.3, -0.25) is 14.9 Å². The number of carbonyl (C=O) groups is 1. The van der Waals surface area contributed by atoms with E-state index in [0.29, 0.717) is 3.57 Å². The van der Waals surface area contributed by atoms with Crippen molar-refractivity contribution in [3.63, 3.8) is 0 Å². The molecule has 16 heavy (non-hydrogen) atoms. The van der Waals surface area contributed by atoms with Crippen molar-refractivity contribution in [3.05, 3.63) is 36.9 Å². The van der Waals surface area contributed by atoms with Crippen molar-refractivity contribution < 1.29 is 9.72 Å².